The lowest BCUT2D eigenvalue weighted by atomic mass is 10.1. The normalized spacial score (nSPS) is 10.8. The number of aromatic nitrogens is 2. The van der Waals surface area contributed by atoms with Gasteiger partial charge in [-0.3, -0.25) is 9.13 Å². The van der Waals surface area contributed by atoms with E-state index in [0.29, 0.717) is 6.54 Å². The molecule has 1 heterocycles. The van der Waals surface area contributed by atoms with Crippen molar-refractivity contribution >= 4 is 16.7 Å². The van der Waals surface area contributed by atoms with Gasteiger partial charge in [0.1, 0.15) is 0 Å². The smallest absolute Gasteiger partial charge is 0.288 e. The van der Waals surface area contributed by atoms with Gasteiger partial charge in [0.15, 0.2) is 0 Å². The van der Waals surface area contributed by atoms with Crippen LogP contribution >= 0.6 is 0 Å². The minimum Gasteiger partial charge on any atom is -0.288 e. The highest BCUT2D eigenvalue weighted by molar-refractivity contribution is 5.81. The maximum absolute atomic E-state index is 12.4. The predicted molar refractivity (Wildman–Crippen MR) is 76.9 cm³/mol. The van der Waals surface area contributed by atoms with Crippen molar-refractivity contribution in [1.29, 1.82) is 0 Å². The molecule has 0 atom stereocenters. The Labute approximate surface area is 107 Å². The van der Waals surface area contributed by atoms with Crippen molar-refractivity contribution < 1.29 is 0 Å². The number of allylic oxidation sites excluding steroid dienone is 2. The first-order valence-electron chi connectivity index (χ1n) is 5.96. The molecule has 0 unspecified atom stereocenters. The van der Waals surface area contributed by atoms with Gasteiger partial charge < -0.3 is 0 Å². The van der Waals surface area contributed by atoms with Gasteiger partial charge in [-0.1, -0.05) is 12.7 Å². The molecule has 3 heteroatoms. The lowest BCUT2D eigenvalue weighted by Crippen LogP contribution is -2.22. The fourth-order valence-electron chi connectivity index (χ4n) is 2.18. The molecule has 0 aliphatic carbocycles. The Morgan fingerprint density at radius 2 is 1.83 bits per heavy atom. The monoisotopic (exact) mass is 242 g/mol. The molecule has 0 N–H and O–H groups in total. The molecular weight excluding hydrogens is 224 g/mol. The quantitative estimate of drug-likeness (QED) is 0.760. The lowest BCUT2D eigenvalue weighted by Gasteiger charge is -2.04. The fourth-order valence-corrected chi connectivity index (χ4v) is 2.18. The van der Waals surface area contributed by atoms with Gasteiger partial charge in [0, 0.05) is 12.2 Å². The number of aryl methyl sites for hydroxylation is 2. The molecule has 2 rings (SSSR count). The Bertz CT molecular complexity index is 701. The second kappa shape index (κ2) is 4.33. The number of nitrogens with zero attached hydrogens (tertiary/aromatic N) is 2. The second-order valence-electron chi connectivity index (χ2n) is 4.68. The highest BCUT2D eigenvalue weighted by Gasteiger charge is 2.13. The minimum absolute atomic E-state index is 0.0533. The van der Waals surface area contributed by atoms with Gasteiger partial charge in [-0.05, 0) is 44.0 Å². The molecule has 1 aromatic carbocycles. The van der Waals surface area contributed by atoms with Gasteiger partial charge in [-0.15, -0.1) is 6.58 Å². The molecule has 0 aliphatic heterocycles. The summed E-state index contributed by atoms with van der Waals surface area (Å²) in [4.78, 5) is 12.4. The van der Waals surface area contributed by atoms with Crippen LogP contribution < -0.4 is 5.69 Å². The number of fused-ring (bicyclic) bond motifs is 1. The summed E-state index contributed by atoms with van der Waals surface area (Å²) in [6, 6.07) is 4.09. The zero-order chi connectivity index (χ0) is 13.4. The van der Waals surface area contributed by atoms with Crippen LogP contribution in [0.25, 0.3) is 16.7 Å². The molecule has 2 aromatic rings. The third-order valence-corrected chi connectivity index (χ3v) is 3.24. The van der Waals surface area contributed by atoms with Crippen LogP contribution in [-0.2, 0) is 6.54 Å². The SMILES string of the molecule is C=CCn1c(=O)n(C(=C)C)c2cc(C)c(C)cc21. The summed E-state index contributed by atoms with van der Waals surface area (Å²) in [7, 11) is 0. The van der Waals surface area contributed by atoms with E-state index in [1.54, 1.807) is 15.2 Å². The van der Waals surface area contributed by atoms with Gasteiger partial charge in [0.05, 0.1) is 11.0 Å². The van der Waals surface area contributed by atoms with Crippen LogP contribution in [0.1, 0.15) is 18.1 Å². The van der Waals surface area contributed by atoms with Crippen molar-refractivity contribution in [3.8, 4) is 0 Å². The van der Waals surface area contributed by atoms with Crippen molar-refractivity contribution in [1.82, 2.24) is 9.13 Å². The molecule has 0 saturated heterocycles. The molecule has 0 amide bonds. The number of hydrogen-bond donors (Lipinski definition) is 0. The van der Waals surface area contributed by atoms with Crippen LogP contribution in [0.2, 0.25) is 0 Å². The number of hydrogen-bond acceptors (Lipinski definition) is 1. The van der Waals surface area contributed by atoms with E-state index in [0.717, 1.165) is 16.7 Å². The van der Waals surface area contributed by atoms with E-state index in [1.807, 2.05) is 19.9 Å². The molecule has 0 radical (unpaired) electrons. The molecule has 18 heavy (non-hydrogen) atoms. The van der Waals surface area contributed by atoms with Crippen molar-refractivity contribution in [2.45, 2.75) is 27.3 Å². The Morgan fingerprint density at radius 1 is 1.28 bits per heavy atom. The highest BCUT2D eigenvalue weighted by atomic mass is 16.1. The maximum Gasteiger partial charge on any atom is 0.333 e. The molecule has 3 nitrogen and oxygen atoms in total. The molecule has 0 fully saturated rings. The Morgan fingerprint density at radius 3 is 2.33 bits per heavy atom. The first kappa shape index (κ1) is 12.4. The van der Waals surface area contributed by atoms with E-state index in [2.05, 4.69) is 26.1 Å². The Balaban J connectivity index is 2.97. The summed E-state index contributed by atoms with van der Waals surface area (Å²) in [6.45, 7) is 14.0. The van der Waals surface area contributed by atoms with Crippen molar-refractivity contribution in [3.05, 3.63) is 53.0 Å². The summed E-state index contributed by atoms with van der Waals surface area (Å²) in [5, 5.41) is 0. The molecule has 1 aromatic heterocycles. The van der Waals surface area contributed by atoms with Crippen LogP contribution in [0.15, 0.2) is 36.2 Å². The van der Waals surface area contributed by atoms with E-state index < -0.39 is 0 Å². The molecule has 94 valence electrons. The zero-order valence-corrected chi connectivity index (χ0v) is 11.2. The maximum atomic E-state index is 12.4. The van der Waals surface area contributed by atoms with Crippen LogP contribution in [0, 0.1) is 13.8 Å². The largest absolute Gasteiger partial charge is 0.333 e. The molecule has 0 spiro atoms. The first-order valence-corrected chi connectivity index (χ1v) is 5.96. The Kier molecular flexibility index (Phi) is 2.99. The topological polar surface area (TPSA) is 26.9 Å². The van der Waals surface area contributed by atoms with Gasteiger partial charge >= 0.3 is 5.69 Å². The minimum atomic E-state index is -0.0533. The first-order chi connectivity index (χ1) is 8.47. The van der Waals surface area contributed by atoms with Gasteiger partial charge in [0.2, 0.25) is 0 Å². The van der Waals surface area contributed by atoms with Crippen LogP contribution in [0.4, 0.5) is 0 Å². The summed E-state index contributed by atoms with van der Waals surface area (Å²) < 4.78 is 3.38. The third kappa shape index (κ3) is 1.72. The molecular formula is C15H18N2O. The second-order valence-corrected chi connectivity index (χ2v) is 4.68. The van der Waals surface area contributed by atoms with E-state index >= 15 is 0 Å². The van der Waals surface area contributed by atoms with Crippen LogP contribution in [0.3, 0.4) is 0 Å². The molecule has 0 saturated carbocycles. The summed E-state index contributed by atoms with van der Waals surface area (Å²) in [5.41, 5.74) is 4.88. The predicted octanol–water partition coefficient (Wildman–Crippen LogP) is 3.10. The van der Waals surface area contributed by atoms with E-state index in [4.69, 9.17) is 0 Å². The summed E-state index contributed by atoms with van der Waals surface area (Å²) in [6.07, 6.45) is 1.73. The summed E-state index contributed by atoms with van der Waals surface area (Å²) >= 11 is 0. The lowest BCUT2D eigenvalue weighted by molar-refractivity contribution is 0.785. The number of rotatable bonds is 3. The molecule has 0 bridgehead atoms. The van der Waals surface area contributed by atoms with Crippen molar-refractivity contribution in [2.24, 2.45) is 0 Å². The average molecular weight is 242 g/mol. The van der Waals surface area contributed by atoms with Crippen molar-refractivity contribution in [3.63, 3.8) is 0 Å². The van der Waals surface area contributed by atoms with Gasteiger partial charge in [-0.25, -0.2) is 4.79 Å². The van der Waals surface area contributed by atoms with E-state index in [1.165, 1.54) is 11.1 Å². The van der Waals surface area contributed by atoms with Gasteiger partial charge in [0.25, 0.3) is 0 Å². The standard InChI is InChI=1S/C15H18N2O/c1-6-7-16-13-8-11(4)12(5)9-14(13)17(10(2)3)15(16)18/h6,8-9H,1-2,7H2,3-5H3. The Hall–Kier alpha value is -2.03. The van der Waals surface area contributed by atoms with E-state index in [-0.39, 0.29) is 5.69 Å². The molecule has 0 aliphatic rings. The van der Waals surface area contributed by atoms with Crippen molar-refractivity contribution in [2.75, 3.05) is 0 Å². The highest BCUT2D eigenvalue weighted by Crippen LogP contribution is 2.20. The number of imidazole rings is 1. The van der Waals surface area contributed by atoms with Crippen LogP contribution in [-0.4, -0.2) is 9.13 Å². The zero-order valence-electron chi connectivity index (χ0n) is 11.2. The van der Waals surface area contributed by atoms with Gasteiger partial charge in [-0.2, -0.15) is 0 Å². The fraction of sp³-hybridized carbons (Fsp3) is 0.267. The average Bonchev–Trinajstić information content (AvgIpc) is 2.54. The van der Waals surface area contributed by atoms with E-state index in [9.17, 15) is 4.79 Å². The third-order valence-electron chi connectivity index (χ3n) is 3.24. The number of benzene rings is 1. The van der Waals surface area contributed by atoms with Crippen LogP contribution in [0.5, 0.6) is 0 Å². The summed E-state index contributed by atoms with van der Waals surface area (Å²) in [5.74, 6) is 0.